The SMILES string of the molecule is CCCCCc1ccc(-c2cnc(OCc3ccc(CCCC)cc3)cn2)cc1. The number of unbranched alkanes of at least 4 members (excludes halogenated alkanes) is 3. The van der Waals surface area contributed by atoms with E-state index in [1.165, 1.54) is 43.2 Å². The number of aryl methyl sites for hydroxylation is 2. The molecule has 29 heavy (non-hydrogen) atoms. The molecule has 0 amide bonds. The Morgan fingerprint density at radius 2 is 1.28 bits per heavy atom. The molecule has 3 nitrogen and oxygen atoms in total. The van der Waals surface area contributed by atoms with Gasteiger partial charge in [0, 0.05) is 5.56 Å². The quantitative estimate of drug-likeness (QED) is 0.339. The van der Waals surface area contributed by atoms with Gasteiger partial charge in [0.05, 0.1) is 18.1 Å². The molecule has 0 aliphatic heterocycles. The van der Waals surface area contributed by atoms with Crippen molar-refractivity contribution < 1.29 is 4.74 Å². The summed E-state index contributed by atoms with van der Waals surface area (Å²) in [5.41, 5.74) is 5.88. The highest BCUT2D eigenvalue weighted by atomic mass is 16.5. The van der Waals surface area contributed by atoms with Crippen molar-refractivity contribution in [2.75, 3.05) is 0 Å². The first-order valence-electron chi connectivity index (χ1n) is 10.9. The average molecular weight is 389 g/mol. The molecule has 3 heteroatoms. The molecule has 0 atom stereocenters. The lowest BCUT2D eigenvalue weighted by Crippen LogP contribution is -1.98. The molecule has 0 aliphatic rings. The fourth-order valence-corrected chi connectivity index (χ4v) is 3.30. The van der Waals surface area contributed by atoms with E-state index in [9.17, 15) is 0 Å². The third-order valence-corrected chi connectivity index (χ3v) is 5.18. The summed E-state index contributed by atoms with van der Waals surface area (Å²) < 4.78 is 5.80. The van der Waals surface area contributed by atoms with Crippen LogP contribution in [0.4, 0.5) is 0 Å². The summed E-state index contributed by atoms with van der Waals surface area (Å²) in [6.45, 7) is 4.96. The van der Waals surface area contributed by atoms with Crippen LogP contribution in [-0.2, 0) is 19.4 Å². The molecule has 3 aromatic rings. The van der Waals surface area contributed by atoms with Gasteiger partial charge in [-0.2, -0.15) is 0 Å². The molecule has 0 spiro atoms. The normalized spacial score (nSPS) is 10.8. The Balaban J connectivity index is 1.52. The highest BCUT2D eigenvalue weighted by Gasteiger charge is 2.03. The van der Waals surface area contributed by atoms with Gasteiger partial charge in [0.1, 0.15) is 6.61 Å². The van der Waals surface area contributed by atoms with Gasteiger partial charge >= 0.3 is 0 Å². The second kappa shape index (κ2) is 11.4. The van der Waals surface area contributed by atoms with Crippen LogP contribution in [0.1, 0.15) is 62.6 Å². The minimum atomic E-state index is 0.508. The van der Waals surface area contributed by atoms with Crippen molar-refractivity contribution in [2.45, 2.75) is 65.4 Å². The van der Waals surface area contributed by atoms with Gasteiger partial charge in [-0.15, -0.1) is 0 Å². The number of benzene rings is 2. The van der Waals surface area contributed by atoms with Gasteiger partial charge in [-0.3, -0.25) is 0 Å². The van der Waals surface area contributed by atoms with Crippen LogP contribution >= 0.6 is 0 Å². The summed E-state index contributed by atoms with van der Waals surface area (Å²) in [6.07, 6.45) is 12.0. The lowest BCUT2D eigenvalue weighted by atomic mass is 10.0. The Labute approximate surface area is 175 Å². The Kier molecular flexibility index (Phi) is 8.24. The van der Waals surface area contributed by atoms with Crippen LogP contribution < -0.4 is 4.74 Å². The van der Waals surface area contributed by atoms with Gasteiger partial charge in [0.15, 0.2) is 0 Å². The van der Waals surface area contributed by atoms with Gasteiger partial charge < -0.3 is 4.74 Å². The molecule has 2 aromatic carbocycles. The van der Waals surface area contributed by atoms with Gasteiger partial charge in [-0.1, -0.05) is 81.6 Å². The maximum Gasteiger partial charge on any atom is 0.232 e. The van der Waals surface area contributed by atoms with Gasteiger partial charge in [0.2, 0.25) is 5.88 Å². The maximum absolute atomic E-state index is 5.80. The first kappa shape index (κ1) is 21.0. The number of hydrogen-bond donors (Lipinski definition) is 0. The van der Waals surface area contributed by atoms with Crippen molar-refractivity contribution in [1.82, 2.24) is 9.97 Å². The molecular weight excluding hydrogens is 356 g/mol. The molecule has 152 valence electrons. The van der Waals surface area contributed by atoms with E-state index < -0.39 is 0 Å². The van der Waals surface area contributed by atoms with E-state index in [0.717, 1.165) is 29.7 Å². The first-order chi connectivity index (χ1) is 14.3. The van der Waals surface area contributed by atoms with Crippen LogP contribution in [0, 0.1) is 0 Å². The summed E-state index contributed by atoms with van der Waals surface area (Å²) in [6, 6.07) is 17.3. The van der Waals surface area contributed by atoms with Gasteiger partial charge in [-0.25, -0.2) is 9.97 Å². The van der Waals surface area contributed by atoms with Gasteiger partial charge in [-0.05, 0) is 42.4 Å². The van der Waals surface area contributed by atoms with Crippen LogP contribution in [0.15, 0.2) is 60.9 Å². The monoisotopic (exact) mass is 388 g/mol. The Morgan fingerprint density at radius 1 is 0.655 bits per heavy atom. The van der Waals surface area contributed by atoms with E-state index in [4.69, 9.17) is 4.74 Å². The summed E-state index contributed by atoms with van der Waals surface area (Å²) in [5, 5.41) is 0. The molecule has 0 aliphatic carbocycles. The second-order valence-corrected chi connectivity index (χ2v) is 7.60. The van der Waals surface area contributed by atoms with Crippen LogP contribution in [-0.4, -0.2) is 9.97 Å². The molecule has 0 radical (unpaired) electrons. The number of nitrogens with zero attached hydrogens (tertiary/aromatic N) is 2. The zero-order valence-corrected chi connectivity index (χ0v) is 17.7. The van der Waals surface area contributed by atoms with Crippen molar-refractivity contribution in [1.29, 1.82) is 0 Å². The first-order valence-corrected chi connectivity index (χ1v) is 10.9. The third-order valence-electron chi connectivity index (χ3n) is 5.18. The molecule has 0 bridgehead atoms. The lowest BCUT2D eigenvalue weighted by molar-refractivity contribution is 0.292. The molecule has 1 aromatic heterocycles. The highest BCUT2D eigenvalue weighted by molar-refractivity contribution is 5.58. The Morgan fingerprint density at radius 3 is 1.90 bits per heavy atom. The lowest BCUT2D eigenvalue weighted by Gasteiger charge is -2.07. The van der Waals surface area contributed by atoms with Crippen LogP contribution in [0.3, 0.4) is 0 Å². The van der Waals surface area contributed by atoms with Crippen molar-refractivity contribution in [2.24, 2.45) is 0 Å². The molecule has 0 saturated heterocycles. The predicted octanol–water partition coefficient (Wildman–Crippen LogP) is 6.80. The fourth-order valence-electron chi connectivity index (χ4n) is 3.30. The zero-order valence-electron chi connectivity index (χ0n) is 17.7. The molecule has 3 rings (SSSR count). The molecule has 0 unspecified atom stereocenters. The number of ether oxygens (including phenoxy) is 1. The fraction of sp³-hybridized carbons (Fsp3) is 0.385. The molecular formula is C26H32N2O. The van der Waals surface area contributed by atoms with E-state index in [1.54, 1.807) is 12.4 Å². The molecule has 0 fully saturated rings. The van der Waals surface area contributed by atoms with E-state index in [2.05, 4.69) is 72.3 Å². The number of rotatable bonds is 11. The zero-order chi connectivity index (χ0) is 20.3. The molecule has 0 saturated carbocycles. The molecule has 1 heterocycles. The van der Waals surface area contributed by atoms with Crippen LogP contribution in [0.2, 0.25) is 0 Å². The summed E-state index contributed by atoms with van der Waals surface area (Å²) in [4.78, 5) is 8.95. The van der Waals surface area contributed by atoms with Gasteiger partial charge in [0.25, 0.3) is 0 Å². The maximum atomic E-state index is 5.80. The van der Waals surface area contributed by atoms with Crippen molar-refractivity contribution in [3.8, 4) is 17.1 Å². The number of hydrogen-bond acceptors (Lipinski definition) is 3. The summed E-state index contributed by atoms with van der Waals surface area (Å²) in [5.74, 6) is 0.556. The van der Waals surface area contributed by atoms with E-state index in [0.29, 0.717) is 12.5 Å². The Bertz CT molecular complexity index is 839. The van der Waals surface area contributed by atoms with E-state index in [-0.39, 0.29) is 0 Å². The highest BCUT2D eigenvalue weighted by Crippen LogP contribution is 2.19. The third kappa shape index (κ3) is 6.70. The van der Waals surface area contributed by atoms with E-state index in [1.807, 2.05) is 0 Å². The summed E-state index contributed by atoms with van der Waals surface area (Å²) >= 11 is 0. The predicted molar refractivity (Wildman–Crippen MR) is 120 cm³/mol. The van der Waals surface area contributed by atoms with Crippen molar-refractivity contribution in [3.05, 3.63) is 77.6 Å². The largest absolute Gasteiger partial charge is 0.472 e. The average Bonchev–Trinajstić information content (AvgIpc) is 2.78. The number of aromatic nitrogens is 2. The van der Waals surface area contributed by atoms with Crippen LogP contribution in [0.25, 0.3) is 11.3 Å². The van der Waals surface area contributed by atoms with Crippen molar-refractivity contribution >= 4 is 0 Å². The van der Waals surface area contributed by atoms with Crippen LogP contribution in [0.5, 0.6) is 5.88 Å². The second-order valence-electron chi connectivity index (χ2n) is 7.60. The minimum Gasteiger partial charge on any atom is -0.472 e. The minimum absolute atomic E-state index is 0.508. The van der Waals surface area contributed by atoms with Crippen molar-refractivity contribution in [3.63, 3.8) is 0 Å². The Hall–Kier alpha value is -2.68. The smallest absolute Gasteiger partial charge is 0.232 e. The molecule has 0 N–H and O–H groups in total. The van der Waals surface area contributed by atoms with E-state index >= 15 is 0 Å². The topological polar surface area (TPSA) is 35.0 Å². The standard InChI is InChI=1S/C26H32N2O/c1-3-5-7-9-22-14-16-24(17-15-22)25-18-28-26(19-27-25)29-20-23-12-10-21(11-13-23)8-6-4-2/h10-19H,3-9,20H2,1-2H3. The summed E-state index contributed by atoms with van der Waals surface area (Å²) in [7, 11) is 0.